The van der Waals surface area contributed by atoms with Crippen LogP contribution in [-0.4, -0.2) is 24.0 Å². The third-order valence-corrected chi connectivity index (χ3v) is 3.75. The SMILES string of the molecule is CCC1CCCN1C(CN)c1cccc(F)c1. The van der Waals surface area contributed by atoms with E-state index in [0.29, 0.717) is 12.6 Å². The van der Waals surface area contributed by atoms with Gasteiger partial charge in [0.15, 0.2) is 0 Å². The lowest BCUT2D eigenvalue weighted by Crippen LogP contribution is -2.37. The summed E-state index contributed by atoms with van der Waals surface area (Å²) in [5.41, 5.74) is 6.89. The molecule has 2 nitrogen and oxygen atoms in total. The Labute approximate surface area is 103 Å². The first-order valence-electron chi connectivity index (χ1n) is 6.47. The summed E-state index contributed by atoms with van der Waals surface area (Å²) in [5.74, 6) is -0.173. The van der Waals surface area contributed by atoms with E-state index < -0.39 is 0 Å². The molecule has 2 unspecified atom stereocenters. The highest BCUT2D eigenvalue weighted by molar-refractivity contribution is 5.21. The molecular formula is C14H21FN2. The molecule has 1 aliphatic rings. The normalized spacial score (nSPS) is 22.9. The second-order valence-corrected chi connectivity index (χ2v) is 4.75. The minimum atomic E-state index is -0.173. The van der Waals surface area contributed by atoms with E-state index in [2.05, 4.69) is 11.8 Å². The summed E-state index contributed by atoms with van der Waals surface area (Å²) in [6, 6.07) is 7.61. The molecule has 0 aromatic heterocycles. The molecule has 2 atom stereocenters. The monoisotopic (exact) mass is 236 g/mol. The molecule has 0 amide bonds. The lowest BCUT2D eigenvalue weighted by Gasteiger charge is -2.32. The topological polar surface area (TPSA) is 29.3 Å². The highest BCUT2D eigenvalue weighted by Crippen LogP contribution is 2.30. The molecule has 0 saturated carbocycles. The van der Waals surface area contributed by atoms with Gasteiger partial charge in [-0.1, -0.05) is 19.1 Å². The van der Waals surface area contributed by atoms with Crippen LogP contribution in [0.15, 0.2) is 24.3 Å². The first-order chi connectivity index (χ1) is 8.26. The second kappa shape index (κ2) is 5.61. The summed E-state index contributed by atoms with van der Waals surface area (Å²) >= 11 is 0. The molecule has 1 aliphatic heterocycles. The minimum absolute atomic E-state index is 0.165. The first kappa shape index (κ1) is 12.5. The number of halogens is 1. The third kappa shape index (κ3) is 2.67. The van der Waals surface area contributed by atoms with Crippen molar-refractivity contribution >= 4 is 0 Å². The van der Waals surface area contributed by atoms with Crippen molar-refractivity contribution in [3.8, 4) is 0 Å². The molecule has 1 heterocycles. The lowest BCUT2D eigenvalue weighted by molar-refractivity contribution is 0.180. The fraction of sp³-hybridized carbons (Fsp3) is 0.571. The van der Waals surface area contributed by atoms with Crippen LogP contribution in [-0.2, 0) is 0 Å². The van der Waals surface area contributed by atoms with Crippen molar-refractivity contribution in [2.75, 3.05) is 13.1 Å². The molecule has 2 rings (SSSR count). The average molecular weight is 236 g/mol. The Balaban J connectivity index is 2.21. The van der Waals surface area contributed by atoms with E-state index in [1.54, 1.807) is 12.1 Å². The van der Waals surface area contributed by atoms with E-state index in [0.717, 1.165) is 18.5 Å². The molecule has 0 aliphatic carbocycles. The van der Waals surface area contributed by atoms with Crippen LogP contribution in [0.3, 0.4) is 0 Å². The van der Waals surface area contributed by atoms with Crippen molar-refractivity contribution in [1.82, 2.24) is 4.90 Å². The largest absolute Gasteiger partial charge is 0.329 e. The fourth-order valence-corrected chi connectivity index (χ4v) is 2.88. The quantitative estimate of drug-likeness (QED) is 0.871. The molecule has 17 heavy (non-hydrogen) atoms. The van der Waals surface area contributed by atoms with Gasteiger partial charge in [-0.2, -0.15) is 0 Å². The van der Waals surface area contributed by atoms with Gasteiger partial charge in [0.25, 0.3) is 0 Å². The zero-order chi connectivity index (χ0) is 12.3. The van der Waals surface area contributed by atoms with Crippen molar-refractivity contribution < 1.29 is 4.39 Å². The molecule has 0 spiro atoms. The zero-order valence-corrected chi connectivity index (χ0v) is 10.4. The van der Waals surface area contributed by atoms with Crippen LogP contribution >= 0.6 is 0 Å². The van der Waals surface area contributed by atoms with E-state index in [1.165, 1.54) is 18.9 Å². The Bertz CT molecular complexity index is 367. The summed E-state index contributed by atoms with van der Waals surface area (Å²) in [6.45, 7) is 3.85. The van der Waals surface area contributed by atoms with Gasteiger partial charge in [0.1, 0.15) is 5.82 Å². The smallest absolute Gasteiger partial charge is 0.123 e. The molecule has 1 fully saturated rings. The standard InChI is InChI=1S/C14H21FN2/c1-2-13-7-4-8-17(13)14(10-16)11-5-3-6-12(15)9-11/h3,5-6,9,13-14H,2,4,7-8,10,16H2,1H3. The Morgan fingerprint density at radius 1 is 1.53 bits per heavy atom. The summed E-state index contributed by atoms with van der Waals surface area (Å²) in [7, 11) is 0. The van der Waals surface area contributed by atoms with Crippen molar-refractivity contribution in [2.24, 2.45) is 5.73 Å². The molecule has 94 valence electrons. The third-order valence-electron chi connectivity index (χ3n) is 3.75. The summed E-state index contributed by atoms with van der Waals surface area (Å²) in [4.78, 5) is 2.44. The second-order valence-electron chi connectivity index (χ2n) is 4.75. The molecule has 2 N–H and O–H groups in total. The minimum Gasteiger partial charge on any atom is -0.329 e. The number of benzene rings is 1. The Morgan fingerprint density at radius 2 is 2.35 bits per heavy atom. The lowest BCUT2D eigenvalue weighted by atomic mass is 10.0. The van der Waals surface area contributed by atoms with E-state index in [9.17, 15) is 4.39 Å². The maximum absolute atomic E-state index is 13.3. The van der Waals surface area contributed by atoms with Crippen molar-refractivity contribution in [1.29, 1.82) is 0 Å². The van der Waals surface area contributed by atoms with Crippen LogP contribution < -0.4 is 5.73 Å². The van der Waals surface area contributed by atoms with Gasteiger partial charge in [-0.25, -0.2) is 4.39 Å². The van der Waals surface area contributed by atoms with E-state index in [4.69, 9.17) is 5.73 Å². The Hall–Kier alpha value is -0.930. The number of hydrogen-bond donors (Lipinski definition) is 1. The van der Waals surface area contributed by atoms with Crippen molar-refractivity contribution in [3.05, 3.63) is 35.6 Å². The predicted octanol–water partition coefficient (Wildman–Crippen LogP) is 2.70. The van der Waals surface area contributed by atoms with E-state index in [1.807, 2.05) is 6.07 Å². The van der Waals surface area contributed by atoms with Gasteiger partial charge in [-0.3, -0.25) is 4.90 Å². The van der Waals surface area contributed by atoms with Crippen LogP contribution in [0.25, 0.3) is 0 Å². The van der Waals surface area contributed by atoms with Crippen LogP contribution in [0.5, 0.6) is 0 Å². The number of nitrogens with zero attached hydrogens (tertiary/aromatic N) is 1. The molecule has 3 heteroatoms. The maximum atomic E-state index is 13.3. The summed E-state index contributed by atoms with van der Waals surface area (Å²) < 4.78 is 13.3. The van der Waals surface area contributed by atoms with Crippen LogP contribution in [0, 0.1) is 5.82 Å². The predicted molar refractivity (Wildman–Crippen MR) is 68.2 cm³/mol. The molecule has 1 aromatic rings. The molecule has 1 aromatic carbocycles. The van der Waals surface area contributed by atoms with Crippen LogP contribution in [0.4, 0.5) is 4.39 Å². The van der Waals surface area contributed by atoms with Crippen molar-refractivity contribution in [3.63, 3.8) is 0 Å². The highest BCUT2D eigenvalue weighted by Gasteiger charge is 2.29. The van der Waals surface area contributed by atoms with Gasteiger partial charge >= 0.3 is 0 Å². The van der Waals surface area contributed by atoms with Crippen LogP contribution in [0.1, 0.15) is 37.8 Å². The molecule has 1 saturated heterocycles. The fourth-order valence-electron chi connectivity index (χ4n) is 2.88. The van der Waals surface area contributed by atoms with Gasteiger partial charge in [-0.15, -0.1) is 0 Å². The van der Waals surface area contributed by atoms with Crippen LogP contribution in [0.2, 0.25) is 0 Å². The summed E-state index contributed by atoms with van der Waals surface area (Å²) in [6.07, 6.45) is 3.61. The number of likely N-dealkylation sites (tertiary alicyclic amines) is 1. The number of hydrogen-bond acceptors (Lipinski definition) is 2. The van der Waals surface area contributed by atoms with Crippen molar-refractivity contribution in [2.45, 2.75) is 38.3 Å². The van der Waals surface area contributed by atoms with E-state index in [-0.39, 0.29) is 11.9 Å². The van der Waals surface area contributed by atoms with Gasteiger partial charge in [0.2, 0.25) is 0 Å². The summed E-state index contributed by atoms with van der Waals surface area (Å²) in [5, 5.41) is 0. The molecule has 0 bridgehead atoms. The maximum Gasteiger partial charge on any atom is 0.123 e. The Kier molecular flexibility index (Phi) is 4.13. The molecule has 0 radical (unpaired) electrons. The number of nitrogens with two attached hydrogens (primary N) is 1. The highest BCUT2D eigenvalue weighted by atomic mass is 19.1. The van der Waals surface area contributed by atoms with Gasteiger partial charge in [0.05, 0.1) is 0 Å². The Morgan fingerprint density at radius 3 is 3.00 bits per heavy atom. The van der Waals surface area contributed by atoms with Gasteiger partial charge in [0, 0.05) is 18.6 Å². The average Bonchev–Trinajstić information content (AvgIpc) is 2.78. The molecular weight excluding hydrogens is 215 g/mol. The number of rotatable bonds is 4. The van der Waals surface area contributed by atoms with Gasteiger partial charge < -0.3 is 5.73 Å². The van der Waals surface area contributed by atoms with E-state index >= 15 is 0 Å². The van der Waals surface area contributed by atoms with Gasteiger partial charge in [-0.05, 0) is 43.5 Å². The first-order valence-corrected chi connectivity index (χ1v) is 6.47. The zero-order valence-electron chi connectivity index (χ0n) is 10.4.